The molecule has 0 fully saturated rings. The van der Waals surface area contributed by atoms with Gasteiger partial charge < -0.3 is 9.88 Å². The largest absolute Gasteiger partial charge is 0.338 e. The van der Waals surface area contributed by atoms with Crippen molar-refractivity contribution in [3.63, 3.8) is 0 Å². The number of hydrogen-bond donors (Lipinski definition) is 1. The van der Waals surface area contributed by atoms with E-state index in [1.807, 2.05) is 36.6 Å². The van der Waals surface area contributed by atoms with Crippen LogP contribution in [0.3, 0.4) is 0 Å². The second kappa shape index (κ2) is 8.27. The zero-order valence-electron chi connectivity index (χ0n) is 16.9. The van der Waals surface area contributed by atoms with Crippen LogP contribution in [0, 0.1) is 0 Å². The molecule has 3 heterocycles. The molecule has 4 rings (SSSR count). The Labute approximate surface area is 176 Å². The number of imidazole rings is 1. The number of aromatic amines is 1. The van der Waals surface area contributed by atoms with Gasteiger partial charge in [-0.3, -0.25) is 18.7 Å². The first-order valence-electron chi connectivity index (χ1n) is 9.88. The first kappa shape index (κ1) is 20.1. The van der Waals surface area contributed by atoms with E-state index in [1.54, 1.807) is 22.2 Å². The van der Waals surface area contributed by atoms with Crippen LogP contribution in [0.1, 0.15) is 25.6 Å². The number of benzene rings is 1. The number of nitrogens with zero attached hydrogens (tertiary/aromatic N) is 4. The van der Waals surface area contributed by atoms with Gasteiger partial charge in [-0.15, -0.1) is 11.3 Å². The number of carbonyl (C=O) groups excluding carboxylic acids is 1. The van der Waals surface area contributed by atoms with Gasteiger partial charge in [-0.2, -0.15) is 0 Å². The summed E-state index contributed by atoms with van der Waals surface area (Å²) in [5.41, 5.74) is 2.06. The molecule has 0 saturated carbocycles. The number of aromatic nitrogens is 4. The van der Waals surface area contributed by atoms with Gasteiger partial charge in [0, 0.05) is 26.6 Å². The molecular formula is C21H23N5O3S. The van der Waals surface area contributed by atoms with Crippen molar-refractivity contribution in [2.75, 3.05) is 7.05 Å². The summed E-state index contributed by atoms with van der Waals surface area (Å²) in [5, 5.41) is 1.82. The molecule has 0 radical (unpaired) electrons. The number of fused-ring (bicyclic) bond motifs is 2. The van der Waals surface area contributed by atoms with Crippen LogP contribution in [0.15, 0.2) is 45.3 Å². The second-order valence-electron chi connectivity index (χ2n) is 7.22. The van der Waals surface area contributed by atoms with Crippen molar-refractivity contribution >= 4 is 38.5 Å². The summed E-state index contributed by atoms with van der Waals surface area (Å²) in [5.74, 6) is 0.320. The number of H-pyrrole nitrogens is 1. The molecule has 1 amide bonds. The zero-order valence-corrected chi connectivity index (χ0v) is 17.7. The normalized spacial score (nSPS) is 11.4. The first-order chi connectivity index (χ1) is 14.5. The Morgan fingerprint density at radius 3 is 2.53 bits per heavy atom. The van der Waals surface area contributed by atoms with Crippen molar-refractivity contribution in [3.05, 3.63) is 62.4 Å². The highest BCUT2D eigenvalue weighted by atomic mass is 32.1. The van der Waals surface area contributed by atoms with Gasteiger partial charge in [0.25, 0.3) is 5.56 Å². The third kappa shape index (κ3) is 3.68. The molecule has 9 heteroatoms. The van der Waals surface area contributed by atoms with E-state index < -0.39 is 0 Å². The summed E-state index contributed by atoms with van der Waals surface area (Å²) in [6.07, 6.45) is 1.04. The van der Waals surface area contributed by atoms with E-state index in [1.165, 1.54) is 16.2 Å². The van der Waals surface area contributed by atoms with E-state index in [9.17, 15) is 14.4 Å². The number of nitrogens with one attached hydrogen (secondary N) is 1. The van der Waals surface area contributed by atoms with Gasteiger partial charge in [0.1, 0.15) is 10.5 Å². The first-order valence-corrected chi connectivity index (χ1v) is 10.8. The SMILES string of the molecule is CCCn1c(=O)n(CCC(=O)N(C)Cc2nc3ccsc3c(=O)[nH]2)c2ccccc21. The van der Waals surface area contributed by atoms with Crippen molar-refractivity contribution in [1.29, 1.82) is 0 Å². The van der Waals surface area contributed by atoms with Crippen molar-refractivity contribution in [2.45, 2.75) is 39.4 Å². The van der Waals surface area contributed by atoms with Gasteiger partial charge in [-0.1, -0.05) is 19.1 Å². The summed E-state index contributed by atoms with van der Waals surface area (Å²) < 4.78 is 4.00. The van der Waals surface area contributed by atoms with E-state index in [2.05, 4.69) is 9.97 Å². The summed E-state index contributed by atoms with van der Waals surface area (Å²) in [6, 6.07) is 9.43. The van der Waals surface area contributed by atoms with Gasteiger partial charge in [0.05, 0.1) is 23.1 Å². The van der Waals surface area contributed by atoms with Crippen LogP contribution in [0.25, 0.3) is 21.3 Å². The van der Waals surface area contributed by atoms with Crippen LogP contribution in [0.2, 0.25) is 0 Å². The molecule has 30 heavy (non-hydrogen) atoms. The Hall–Kier alpha value is -3.20. The fraction of sp³-hybridized carbons (Fsp3) is 0.333. The Morgan fingerprint density at radius 1 is 1.13 bits per heavy atom. The van der Waals surface area contributed by atoms with E-state index >= 15 is 0 Å². The Morgan fingerprint density at radius 2 is 1.83 bits per heavy atom. The van der Waals surface area contributed by atoms with Gasteiger partial charge in [0.15, 0.2) is 0 Å². The Kier molecular flexibility index (Phi) is 5.54. The van der Waals surface area contributed by atoms with Crippen LogP contribution in [0.5, 0.6) is 0 Å². The number of carbonyl (C=O) groups is 1. The molecule has 156 valence electrons. The lowest BCUT2D eigenvalue weighted by molar-refractivity contribution is -0.130. The third-order valence-corrected chi connectivity index (χ3v) is 6.00. The molecule has 0 atom stereocenters. The molecule has 0 aliphatic carbocycles. The van der Waals surface area contributed by atoms with Gasteiger partial charge in [0.2, 0.25) is 5.91 Å². The zero-order chi connectivity index (χ0) is 21.3. The molecule has 1 N–H and O–H groups in total. The fourth-order valence-electron chi connectivity index (χ4n) is 3.64. The molecule has 0 saturated heterocycles. The lowest BCUT2D eigenvalue weighted by atomic mass is 10.3. The van der Waals surface area contributed by atoms with Crippen LogP contribution in [-0.2, 0) is 24.4 Å². The molecule has 0 unspecified atom stereocenters. The molecule has 0 aliphatic heterocycles. The topological polar surface area (TPSA) is 93.0 Å². The maximum Gasteiger partial charge on any atom is 0.329 e. The van der Waals surface area contributed by atoms with Crippen molar-refractivity contribution in [1.82, 2.24) is 24.0 Å². The molecule has 3 aromatic heterocycles. The molecule has 8 nitrogen and oxygen atoms in total. The molecule has 0 spiro atoms. The standard InChI is InChI=1S/C21H23N5O3S/c1-3-10-25-15-6-4-5-7-16(15)26(21(25)29)11-8-18(27)24(2)13-17-22-14-9-12-30-19(14)20(28)23-17/h4-7,9,12H,3,8,10-11,13H2,1-2H3,(H,22,23,28). The minimum absolute atomic E-state index is 0.0950. The molecule has 0 aliphatic rings. The van der Waals surface area contributed by atoms with Gasteiger partial charge >= 0.3 is 5.69 Å². The highest BCUT2D eigenvalue weighted by molar-refractivity contribution is 7.17. The number of para-hydroxylation sites is 2. The van der Waals surface area contributed by atoms with E-state index in [0.717, 1.165) is 17.5 Å². The fourth-order valence-corrected chi connectivity index (χ4v) is 4.36. The lowest BCUT2D eigenvalue weighted by Gasteiger charge is -2.16. The Balaban J connectivity index is 1.50. The van der Waals surface area contributed by atoms with Crippen LogP contribution < -0.4 is 11.2 Å². The summed E-state index contributed by atoms with van der Waals surface area (Å²) in [4.78, 5) is 46.3. The number of rotatable bonds is 7. The van der Waals surface area contributed by atoms with Crippen LogP contribution in [0.4, 0.5) is 0 Å². The summed E-state index contributed by atoms with van der Waals surface area (Å²) in [7, 11) is 1.67. The van der Waals surface area contributed by atoms with E-state index in [4.69, 9.17) is 0 Å². The highest BCUT2D eigenvalue weighted by Gasteiger charge is 2.16. The average molecular weight is 426 g/mol. The molecule has 1 aromatic carbocycles. The second-order valence-corrected chi connectivity index (χ2v) is 8.14. The van der Waals surface area contributed by atoms with Crippen LogP contribution >= 0.6 is 11.3 Å². The lowest BCUT2D eigenvalue weighted by Crippen LogP contribution is -2.31. The quantitative estimate of drug-likeness (QED) is 0.492. The smallest absolute Gasteiger partial charge is 0.329 e. The third-order valence-electron chi connectivity index (χ3n) is 5.10. The number of amides is 1. The minimum atomic E-state index is -0.193. The predicted molar refractivity (Wildman–Crippen MR) is 118 cm³/mol. The van der Waals surface area contributed by atoms with Gasteiger partial charge in [-0.05, 0) is 30.0 Å². The average Bonchev–Trinajstić information content (AvgIpc) is 3.30. The highest BCUT2D eigenvalue weighted by Crippen LogP contribution is 2.15. The van der Waals surface area contributed by atoms with Gasteiger partial charge in [-0.25, -0.2) is 9.78 Å². The van der Waals surface area contributed by atoms with Crippen molar-refractivity contribution in [3.8, 4) is 0 Å². The van der Waals surface area contributed by atoms with Crippen molar-refractivity contribution < 1.29 is 4.79 Å². The summed E-state index contributed by atoms with van der Waals surface area (Å²) in [6.45, 7) is 3.17. The Bertz CT molecular complexity index is 1330. The minimum Gasteiger partial charge on any atom is -0.338 e. The maximum atomic E-state index is 12.8. The monoisotopic (exact) mass is 425 g/mol. The number of hydrogen-bond acceptors (Lipinski definition) is 5. The van der Waals surface area contributed by atoms with E-state index in [-0.39, 0.29) is 30.1 Å². The van der Waals surface area contributed by atoms with Crippen molar-refractivity contribution in [2.24, 2.45) is 0 Å². The molecule has 0 bridgehead atoms. The number of aryl methyl sites for hydroxylation is 2. The van der Waals surface area contributed by atoms with E-state index in [0.29, 0.717) is 29.1 Å². The molecule has 4 aromatic rings. The maximum absolute atomic E-state index is 12.8. The molecular weight excluding hydrogens is 402 g/mol. The number of thiophene rings is 1. The van der Waals surface area contributed by atoms with Crippen LogP contribution in [-0.4, -0.2) is 37.0 Å². The predicted octanol–water partition coefficient (Wildman–Crippen LogP) is 2.56. The summed E-state index contributed by atoms with van der Waals surface area (Å²) >= 11 is 1.34.